The summed E-state index contributed by atoms with van der Waals surface area (Å²) >= 11 is 5.16. The molecule has 0 spiro atoms. The summed E-state index contributed by atoms with van der Waals surface area (Å²) < 4.78 is 6.13. The second kappa shape index (κ2) is 5.98. The molecule has 3 rings (SSSR count). The molecule has 21 heavy (non-hydrogen) atoms. The molecule has 0 radical (unpaired) electrons. The molecule has 0 aliphatic heterocycles. The molecule has 4 heteroatoms. The molecule has 1 aromatic heterocycles. The van der Waals surface area contributed by atoms with Crippen molar-refractivity contribution in [2.24, 2.45) is 11.7 Å². The predicted octanol–water partition coefficient (Wildman–Crippen LogP) is 3.83. The molecule has 1 heterocycles. The molecule has 110 valence electrons. The molecule has 3 nitrogen and oxygen atoms in total. The largest absolute Gasteiger partial charge is 0.474 e. The van der Waals surface area contributed by atoms with Crippen LogP contribution in [0.15, 0.2) is 30.3 Å². The van der Waals surface area contributed by atoms with Gasteiger partial charge in [0.2, 0.25) is 5.88 Å². The number of nitrogens with two attached hydrogens (primary N) is 1. The van der Waals surface area contributed by atoms with Crippen LogP contribution in [-0.2, 0) is 0 Å². The van der Waals surface area contributed by atoms with Gasteiger partial charge in [0.15, 0.2) is 0 Å². The number of nitrogens with zero attached hydrogens (tertiary/aromatic N) is 1. The maximum Gasteiger partial charge on any atom is 0.224 e. The van der Waals surface area contributed by atoms with Gasteiger partial charge in [-0.15, -0.1) is 0 Å². The van der Waals surface area contributed by atoms with E-state index >= 15 is 0 Å². The fraction of sp³-hybridized carbons (Fsp3) is 0.412. The molecule has 2 aromatic rings. The third-order valence-corrected chi connectivity index (χ3v) is 4.42. The first-order valence-electron chi connectivity index (χ1n) is 7.49. The van der Waals surface area contributed by atoms with Gasteiger partial charge in [0, 0.05) is 5.39 Å². The number of aromatic nitrogens is 1. The average molecular weight is 300 g/mol. The van der Waals surface area contributed by atoms with E-state index in [4.69, 9.17) is 22.7 Å². The van der Waals surface area contributed by atoms with E-state index in [-0.39, 0.29) is 6.10 Å². The summed E-state index contributed by atoms with van der Waals surface area (Å²) in [5.74, 6) is 1.38. The lowest BCUT2D eigenvalue weighted by atomic mass is 9.89. The Morgan fingerprint density at radius 3 is 2.67 bits per heavy atom. The second-order valence-corrected chi connectivity index (χ2v) is 6.34. The molecular weight excluding hydrogens is 280 g/mol. The summed E-state index contributed by atoms with van der Waals surface area (Å²) in [4.78, 5) is 4.96. The molecule has 1 aromatic carbocycles. The van der Waals surface area contributed by atoms with E-state index < -0.39 is 0 Å². The monoisotopic (exact) mass is 300 g/mol. The third-order valence-electron chi connectivity index (χ3n) is 4.20. The Labute approximate surface area is 130 Å². The summed E-state index contributed by atoms with van der Waals surface area (Å²) in [6.07, 6.45) is 4.79. The number of hydrogen-bond donors (Lipinski definition) is 1. The standard InChI is InChI=1S/C17H20N2OS/c1-11-6-8-13(9-7-11)20-17-14(16(18)21)10-12-4-2-3-5-15(12)19-17/h2-5,10-11,13H,6-9H2,1H3,(H2,18,21). The van der Waals surface area contributed by atoms with Gasteiger partial charge in [-0.25, -0.2) is 4.98 Å². The smallest absolute Gasteiger partial charge is 0.224 e. The Kier molecular flexibility index (Phi) is 4.06. The van der Waals surface area contributed by atoms with Crippen LogP contribution in [0.2, 0.25) is 0 Å². The van der Waals surface area contributed by atoms with E-state index in [2.05, 4.69) is 11.9 Å². The van der Waals surface area contributed by atoms with Crippen molar-refractivity contribution in [2.45, 2.75) is 38.7 Å². The van der Waals surface area contributed by atoms with Crippen molar-refractivity contribution in [1.82, 2.24) is 4.98 Å². The SMILES string of the molecule is CC1CCC(Oc2nc3ccccc3cc2C(N)=S)CC1. The molecule has 0 saturated heterocycles. The number of fused-ring (bicyclic) bond motifs is 1. The Morgan fingerprint density at radius 2 is 1.95 bits per heavy atom. The number of pyridine rings is 1. The van der Waals surface area contributed by atoms with Crippen LogP contribution >= 0.6 is 12.2 Å². The van der Waals surface area contributed by atoms with Crippen molar-refractivity contribution in [1.29, 1.82) is 0 Å². The maximum absolute atomic E-state index is 6.13. The van der Waals surface area contributed by atoms with Gasteiger partial charge in [0.05, 0.1) is 11.1 Å². The highest BCUT2D eigenvalue weighted by Gasteiger charge is 2.22. The zero-order chi connectivity index (χ0) is 14.8. The van der Waals surface area contributed by atoms with Crippen molar-refractivity contribution in [2.75, 3.05) is 0 Å². The van der Waals surface area contributed by atoms with Gasteiger partial charge in [-0.1, -0.05) is 37.3 Å². The second-order valence-electron chi connectivity index (χ2n) is 5.90. The van der Waals surface area contributed by atoms with E-state index in [1.807, 2.05) is 30.3 Å². The molecule has 1 aliphatic carbocycles. The molecule has 0 unspecified atom stereocenters. The quantitative estimate of drug-likeness (QED) is 0.875. The summed E-state index contributed by atoms with van der Waals surface area (Å²) in [5, 5.41) is 1.03. The molecule has 1 fully saturated rings. The molecule has 2 N–H and O–H groups in total. The first-order valence-corrected chi connectivity index (χ1v) is 7.90. The van der Waals surface area contributed by atoms with E-state index in [0.29, 0.717) is 10.9 Å². The number of benzene rings is 1. The van der Waals surface area contributed by atoms with Crippen LogP contribution in [0.5, 0.6) is 5.88 Å². The van der Waals surface area contributed by atoms with Crippen LogP contribution in [0, 0.1) is 5.92 Å². The first-order chi connectivity index (χ1) is 10.1. The molecule has 0 atom stereocenters. The Bertz CT molecular complexity index is 663. The van der Waals surface area contributed by atoms with E-state index in [9.17, 15) is 0 Å². The lowest BCUT2D eigenvalue weighted by Gasteiger charge is -2.27. The summed E-state index contributed by atoms with van der Waals surface area (Å²) in [5.41, 5.74) is 7.50. The highest BCUT2D eigenvalue weighted by Crippen LogP contribution is 2.29. The fourth-order valence-corrected chi connectivity index (χ4v) is 3.02. The van der Waals surface area contributed by atoms with Gasteiger partial charge < -0.3 is 10.5 Å². The van der Waals surface area contributed by atoms with Crippen molar-refractivity contribution in [3.63, 3.8) is 0 Å². The summed E-state index contributed by atoms with van der Waals surface area (Å²) in [7, 11) is 0. The van der Waals surface area contributed by atoms with E-state index in [1.54, 1.807) is 0 Å². The fourth-order valence-electron chi connectivity index (χ4n) is 2.87. The average Bonchev–Trinajstić information content (AvgIpc) is 2.48. The predicted molar refractivity (Wildman–Crippen MR) is 89.7 cm³/mol. The van der Waals surface area contributed by atoms with Crippen LogP contribution in [0.4, 0.5) is 0 Å². The number of hydrogen-bond acceptors (Lipinski definition) is 3. The Morgan fingerprint density at radius 1 is 1.24 bits per heavy atom. The molecular formula is C17H20N2OS. The molecule has 1 aliphatic rings. The molecule has 0 amide bonds. The zero-order valence-electron chi connectivity index (χ0n) is 12.2. The number of thiocarbonyl (C=S) groups is 1. The highest BCUT2D eigenvalue weighted by atomic mass is 32.1. The highest BCUT2D eigenvalue weighted by molar-refractivity contribution is 7.80. The van der Waals surface area contributed by atoms with Crippen molar-refractivity contribution in [3.05, 3.63) is 35.9 Å². The van der Waals surface area contributed by atoms with Gasteiger partial charge >= 0.3 is 0 Å². The normalized spacial score (nSPS) is 22.1. The zero-order valence-corrected chi connectivity index (χ0v) is 13.0. The van der Waals surface area contributed by atoms with Crippen molar-refractivity contribution in [3.8, 4) is 5.88 Å². The lowest BCUT2D eigenvalue weighted by Crippen LogP contribution is -2.25. The molecule has 1 saturated carbocycles. The minimum Gasteiger partial charge on any atom is -0.474 e. The van der Waals surface area contributed by atoms with Gasteiger partial charge in [0.1, 0.15) is 11.1 Å². The third kappa shape index (κ3) is 3.16. The molecule has 0 bridgehead atoms. The van der Waals surface area contributed by atoms with Crippen molar-refractivity contribution < 1.29 is 4.74 Å². The van der Waals surface area contributed by atoms with E-state index in [0.717, 1.165) is 35.2 Å². The van der Waals surface area contributed by atoms with Crippen LogP contribution < -0.4 is 10.5 Å². The number of para-hydroxylation sites is 1. The number of ether oxygens (including phenoxy) is 1. The van der Waals surface area contributed by atoms with Crippen LogP contribution in [0.25, 0.3) is 10.9 Å². The minimum absolute atomic E-state index is 0.225. The first kappa shape index (κ1) is 14.3. The van der Waals surface area contributed by atoms with Crippen molar-refractivity contribution >= 4 is 28.1 Å². The van der Waals surface area contributed by atoms with Crippen LogP contribution in [0.1, 0.15) is 38.2 Å². The maximum atomic E-state index is 6.13. The van der Waals surface area contributed by atoms with Gasteiger partial charge in [0.25, 0.3) is 0 Å². The van der Waals surface area contributed by atoms with Gasteiger partial charge in [-0.05, 0) is 43.7 Å². The summed E-state index contributed by atoms with van der Waals surface area (Å²) in [6.45, 7) is 2.30. The van der Waals surface area contributed by atoms with Crippen LogP contribution in [0.3, 0.4) is 0 Å². The Balaban J connectivity index is 1.92. The topological polar surface area (TPSA) is 48.1 Å². The van der Waals surface area contributed by atoms with Crippen LogP contribution in [-0.4, -0.2) is 16.1 Å². The van der Waals surface area contributed by atoms with E-state index in [1.165, 1.54) is 12.8 Å². The minimum atomic E-state index is 0.225. The van der Waals surface area contributed by atoms with Gasteiger partial charge in [-0.2, -0.15) is 0 Å². The number of rotatable bonds is 3. The van der Waals surface area contributed by atoms with Gasteiger partial charge in [-0.3, -0.25) is 0 Å². The lowest BCUT2D eigenvalue weighted by molar-refractivity contribution is 0.130. The Hall–Kier alpha value is -1.68. The summed E-state index contributed by atoms with van der Waals surface area (Å²) in [6, 6.07) is 9.92.